The summed E-state index contributed by atoms with van der Waals surface area (Å²) in [6.07, 6.45) is 1.01. The van der Waals surface area contributed by atoms with Crippen LogP contribution in [0, 0.1) is 0 Å². The van der Waals surface area contributed by atoms with Gasteiger partial charge < -0.3 is 15.2 Å². The minimum Gasteiger partial charge on any atom is -0.497 e. The van der Waals surface area contributed by atoms with E-state index in [1.807, 2.05) is 54.6 Å². The molecule has 0 aliphatic rings. The summed E-state index contributed by atoms with van der Waals surface area (Å²) < 4.78 is 5.17. The summed E-state index contributed by atoms with van der Waals surface area (Å²) >= 11 is 0. The van der Waals surface area contributed by atoms with E-state index in [9.17, 15) is 9.90 Å². The second-order valence-electron chi connectivity index (χ2n) is 5.77. The maximum Gasteiger partial charge on any atom is 0.220 e. The SMILES string of the molecule is COc1cccc(CCC(=O)NCC(C)(O)c2ccccc2)c1. The summed E-state index contributed by atoms with van der Waals surface area (Å²) in [4.78, 5) is 12.0. The van der Waals surface area contributed by atoms with Crippen molar-refractivity contribution in [1.29, 1.82) is 0 Å². The Kier molecular flexibility index (Phi) is 5.77. The molecule has 0 fully saturated rings. The molecular formula is C19H23NO3. The van der Waals surface area contributed by atoms with Crippen LogP contribution in [0.5, 0.6) is 5.75 Å². The predicted octanol–water partition coefficient (Wildman–Crippen LogP) is 2.65. The molecule has 2 rings (SSSR count). The standard InChI is InChI=1S/C19H23NO3/c1-19(22,16-8-4-3-5-9-16)14-20-18(21)12-11-15-7-6-10-17(13-15)23-2/h3-10,13,22H,11-12,14H2,1-2H3,(H,20,21). The molecule has 4 heteroatoms. The highest BCUT2D eigenvalue weighted by molar-refractivity contribution is 5.76. The molecule has 0 radical (unpaired) electrons. The zero-order valence-electron chi connectivity index (χ0n) is 13.6. The van der Waals surface area contributed by atoms with Crippen molar-refractivity contribution in [3.63, 3.8) is 0 Å². The fourth-order valence-corrected chi connectivity index (χ4v) is 2.34. The van der Waals surface area contributed by atoms with Crippen LogP contribution in [0.1, 0.15) is 24.5 Å². The highest BCUT2D eigenvalue weighted by Crippen LogP contribution is 2.19. The monoisotopic (exact) mass is 313 g/mol. The Balaban J connectivity index is 1.83. The molecule has 0 spiro atoms. The molecule has 0 bridgehead atoms. The van der Waals surface area contributed by atoms with Crippen LogP contribution < -0.4 is 10.1 Å². The van der Waals surface area contributed by atoms with Crippen molar-refractivity contribution in [2.24, 2.45) is 0 Å². The number of nitrogens with one attached hydrogen (secondary N) is 1. The number of rotatable bonds is 7. The Bertz CT molecular complexity index is 638. The minimum absolute atomic E-state index is 0.0796. The molecule has 2 aromatic carbocycles. The third-order valence-electron chi connectivity index (χ3n) is 3.80. The summed E-state index contributed by atoms with van der Waals surface area (Å²) in [5, 5.41) is 13.3. The number of ether oxygens (including phenoxy) is 1. The first-order chi connectivity index (χ1) is 11.0. The summed E-state index contributed by atoms with van der Waals surface area (Å²) in [5.74, 6) is 0.707. The number of aliphatic hydroxyl groups is 1. The van der Waals surface area contributed by atoms with E-state index in [2.05, 4.69) is 5.32 Å². The first-order valence-electron chi connectivity index (χ1n) is 7.69. The lowest BCUT2D eigenvalue weighted by Crippen LogP contribution is -2.38. The molecule has 23 heavy (non-hydrogen) atoms. The second kappa shape index (κ2) is 7.79. The second-order valence-corrected chi connectivity index (χ2v) is 5.77. The number of hydrogen-bond acceptors (Lipinski definition) is 3. The third kappa shape index (κ3) is 5.11. The Hall–Kier alpha value is -2.33. The summed E-state index contributed by atoms with van der Waals surface area (Å²) in [6, 6.07) is 17.0. The van der Waals surface area contributed by atoms with Gasteiger partial charge in [-0.3, -0.25) is 4.79 Å². The van der Waals surface area contributed by atoms with Gasteiger partial charge in [-0.2, -0.15) is 0 Å². The molecule has 0 saturated carbocycles. The normalized spacial score (nSPS) is 13.2. The van der Waals surface area contributed by atoms with Crippen molar-refractivity contribution in [3.05, 3.63) is 65.7 Å². The largest absolute Gasteiger partial charge is 0.497 e. The maximum atomic E-state index is 12.0. The summed E-state index contributed by atoms with van der Waals surface area (Å²) in [6.45, 7) is 1.89. The van der Waals surface area contributed by atoms with Crippen molar-refractivity contribution in [3.8, 4) is 5.75 Å². The van der Waals surface area contributed by atoms with Gasteiger partial charge in [0.05, 0.1) is 13.7 Å². The zero-order chi connectivity index (χ0) is 16.7. The molecule has 0 aromatic heterocycles. The zero-order valence-corrected chi connectivity index (χ0v) is 13.6. The van der Waals surface area contributed by atoms with E-state index in [-0.39, 0.29) is 12.5 Å². The number of methoxy groups -OCH3 is 1. The molecule has 4 nitrogen and oxygen atoms in total. The summed E-state index contributed by atoms with van der Waals surface area (Å²) in [7, 11) is 1.62. The Morgan fingerprint density at radius 1 is 1.17 bits per heavy atom. The molecule has 122 valence electrons. The fourth-order valence-electron chi connectivity index (χ4n) is 2.34. The van der Waals surface area contributed by atoms with Crippen LogP contribution in [0.15, 0.2) is 54.6 Å². The minimum atomic E-state index is -1.08. The van der Waals surface area contributed by atoms with Gasteiger partial charge in [0.25, 0.3) is 0 Å². The number of carbonyl (C=O) groups excluding carboxylic acids is 1. The van der Waals surface area contributed by atoms with Crippen molar-refractivity contribution >= 4 is 5.91 Å². The van der Waals surface area contributed by atoms with Gasteiger partial charge >= 0.3 is 0 Å². The van der Waals surface area contributed by atoms with Crippen LogP contribution in [-0.2, 0) is 16.8 Å². The molecule has 1 amide bonds. The molecule has 1 atom stereocenters. The van der Waals surface area contributed by atoms with Crippen molar-refractivity contribution in [2.75, 3.05) is 13.7 Å². The molecule has 0 aliphatic carbocycles. The van der Waals surface area contributed by atoms with E-state index in [0.717, 1.165) is 16.9 Å². The third-order valence-corrected chi connectivity index (χ3v) is 3.80. The highest BCUT2D eigenvalue weighted by atomic mass is 16.5. The topological polar surface area (TPSA) is 58.6 Å². The Morgan fingerprint density at radius 2 is 1.91 bits per heavy atom. The van der Waals surface area contributed by atoms with E-state index in [1.54, 1.807) is 14.0 Å². The van der Waals surface area contributed by atoms with Crippen LogP contribution in [0.3, 0.4) is 0 Å². The predicted molar refractivity (Wildman–Crippen MR) is 90.3 cm³/mol. The average Bonchev–Trinajstić information content (AvgIpc) is 2.59. The smallest absolute Gasteiger partial charge is 0.220 e. The van der Waals surface area contributed by atoms with E-state index >= 15 is 0 Å². The summed E-state index contributed by atoms with van der Waals surface area (Å²) in [5.41, 5.74) is 0.759. The lowest BCUT2D eigenvalue weighted by Gasteiger charge is -2.24. The molecule has 0 saturated heterocycles. The van der Waals surface area contributed by atoms with Crippen LogP contribution in [0.25, 0.3) is 0 Å². The van der Waals surface area contributed by atoms with Gasteiger partial charge in [0, 0.05) is 6.42 Å². The van der Waals surface area contributed by atoms with Gasteiger partial charge in [0.2, 0.25) is 5.91 Å². The molecule has 1 unspecified atom stereocenters. The molecule has 0 aliphatic heterocycles. The van der Waals surface area contributed by atoms with Crippen LogP contribution in [0.4, 0.5) is 0 Å². The fraction of sp³-hybridized carbons (Fsp3) is 0.316. The highest BCUT2D eigenvalue weighted by Gasteiger charge is 2.23. The number of aryl methyl sites for hydroxylation is 1. The van der Waals surface area contributed by atoms with Gasteiger partial charge in [-0.05, 0) is 36.6 Å². The quantitative estimate of drug-likeness (QED) is 0.826. The maximum absolute atomic E-state index is 12.0. The van der Waals surface area contributed by atoms with E-state index < -0.39 is 5.60 Å². The van der Waals surface area contributed by atoms with Crippen LogP contribution in [-0.4, -0.2) is 24.7 Å². The van der Waals surface area contributed by atoms with E-state index in [4.69, 9.17) is 4.74 Å². The lowest BCUT2D eigenvalue weighted by atomic mass is 9.96. The molecular weight excluding hydrogens is 290 g/mol. The number of amides is 1. The number of carbonyl (C=O) groups is 1. The Labute approximate surface area is 137 Å². The lowest BCUT2D eigenvalue weighted by molar-refractivity contribution is -0.122. The van der Waals surface area contributed by atoms with Gasteiger partial charge in [-0.1, -0.05) is 42.5 Å². The van der Waals surface area contributed by atoms with Gasteiger partial charge in [0.1, 0.15) is 11.4 Å². The van der Waals surface area contributed by atoms with Gasteiger partial charge in [0.15, 0.2) is 0 Å². The number of hydrogen-bond donors (Lipinski definition) is 2. The first-order valence-corrected chi connectivity index (χ1v) is 7.69. The van der Waals surface area contributed by atoms with Crippen molar-refractivity contribution in [1.82, 2.24) is 5.32 Å². The van der Waals surface area contributed by atoms with Gasteiger partial charge in [-0.25, -0.2) is 0 Å². The number of benzene rings is 2. The molecule has 2 N–H and O–H groups in total. The first kappa shape index (κ1) is 17.0. The van der Waals surface area contributed by atoms with Crippen molar-refractivity contribution < 1.29 is 14.6 Å². The van der Waals surface area contributed by atoms with Gasteiger partial charge in [-0.15, -0.1) is 0 Å². The van der Waals surface area contributed by atoms with Crippen LogP contribution in [0.2, 0.25) is 0 Å². The Morgan fingerprint density at radius 3 is 2.61 bits per heavy atom. The van der Waals surface area contributed by atoms with E-state index in [1.165, 1.54) is 0 Å². The molecule has 0 heterocycles. The average molecular weight is 313 g/mol. The molecule has 2 aromatic rings. The van der Waals surface area contributed by atoms with E-state index in [0.29, 0.717) is 12.8 Å². The van der Waals surface area contributed by atoms with Crippen LogP contribution >= 0.6 is 0 Å². The van der Waals surface area contributed by atoms with Crippen molar-refractivity contribution in [2.45, 2.75) is 25.4 Å².